The minimum atomic E-state index is -1.06. The van der Waals surface area contributed by atoms with E-state index in [1.54, 1.807) is 37.3 Å². The molecule has 0 aliphatic carbocycles. The van der Waals surface area contributed by atoms with Crippen LogP contribution in [-0.2, 0) is 6.61 Å². The standard InChI is InChI=1S/C21H16ClFN4O3/c1-11-18-16(26-19(11)21(28)29)9-24-27-20(18)25-14-5-6-17(15(22)8-14)30-10-12-3-2-4-13(23)7-12/h2-9,26H,10H2,1H3,(H,25,27)(H,28,29). The molecule has 4 aromatic rings. The van der Waals surface area contributed by atoms with Gasteiger partial charge in [0.05, 0.1) is 16.7 Å². The van der Waals surface area contributed by atoms with Gasteiger partial charge in [-0.2, -0.15) is 5.10 Å². The van der Waals surface area contributed by atoms with Crippen LogP contribution in [0, 0.1) is 12.7 Å². The smallest absolute Gasteiger partial charge is 0.352 e. The van der Waals surface area contributed by atoms with Crippen LogP contribution in [0.15, 0.2) is 48.7 Å². The highest BCUT2D eigenvalue weighted by molar-refractivity contribution is 6.32. The molecule has 2 aromatic heterocycles. The number of fused-ring (bicyclic) bond motifs is 1. The lowest BCUT2D eigenvalue weighted by atomic mass is 10.2. The van der Waals surface area contributed by atoms with Gasteiger partial charge in [-0.3, -0.25) is 0 Å². The Morgan fingerprint density at radius 3 is 2.87 bits per heavy atom. The second-order valence-electron chi connectivity index (χ2n) is 6.60. The van der Waals surface area contributed by atoms with Gasteiger partial charge in [0.25, 0.3) is 0 Å². The summed E-state index contributed by atoms with van der Waals surface area (Å²) in [7, 11) is 0. The zero-order valence-corrected chi connectivity index (χ0v) is 16.5. The van der Waals surface area contributed by atoms with Crippen LogP contribution >= 0.6 is 11.6 Å². The minimum Gasteiger partial charge on any atom is -0.487 e. The summed E-state index contributed by atoms with van der Waals surface area (Å²) in [4.78, 5) is 14.2. The Balaban J connectivity index is 1.56. The second kappa shape index (κ2) is 8.00. The lowest BCUT2D eigenvalue weighted by Crippen LogP contribution is -1.99. The first kappa shape index (κ1) is 19.7. The van der Waals surface area contributed by atoms with Gasteiger partial charge in [0.1, 0.15) is 23.9 Å². The number of anilines is 2. The fourth-order valence-electron chi connectivity index (χ4n) is 3.14. The Bertz CT molecular complexity index is 1260. The number of carbonyl (C=O) groups is 1. The molecule has 152 valence electrons. The van der Waals surface area contributed by atoms with Crippen LogP contribution in [0.3, 0.4) is 0 Å². The number of aromatic carboxylic acids is 1. The highest BCUT2D eigenvalue weighted by Crippen LogP contribution is 2.32. The number of halogens is 2. The van der Waals surface area contributed by atoms with E-state index in [0.717, 1.165) is 0 Å². The van der Waals surface area contributed by atoms with E-state index in [9.17, 15) is 14.3 Å². The summed E-state index contributed by atoms with van der Waals surface area (Å²) < 4.78 is 19.0. The van der Waals surface area contributed by atoms with Gasteiger partial charge in [0.2, 0.25) is 0 Å². The molecular formula is C21H16ClFN4O3. The zero-order valence-electron chi connectivity index (χ0n) is 15.7. The van der Waals surface area contributed by atoms with Crippen molar-refractivity contribution in [3.8, 4) is 5.75 Å². The van der Waals surface area contributed by atoms with Crippen molar-refractivity contribution in [3.05, 3.63) is 76.3 Å². The highest BCUT2D eigenvalue weighted by atomic mass is 35.5. The average Bonchev–Trinajstić information content (AvgIpc) is 3.05. The summed E-state index contributed by atoms with van der Waals surface area (Å²) >= 11 is 6.33. The fourth-order valence-corrected chi connectivity index (χ4v) is 3.37. The predicted molar refractivity (Wildman–Crippen MR) is 111 cm³/mol. The minimum absolute atomic E-state index is 0.0852. The molecule has 4 rings (SSSR count). The Morgan fingerprint density at radius 2 is 2.13 bits per heavy atom. The molecule has 0 spiro atoms. The fraction of sp³-hybridized carbons (Fsp3) is 0.0952. The van der Waals surface area contributed by atoms with Gasteiger partial charge in [0.15, 0.2) is 5.82 Å². The third-order valence-corrected chi connectivity index (χ3v) is 4.85. The summed E-state index contributed by atoms with van der Waals surface area (Å²) in [5.74, 6) is -0.541. The number of aryl methyl sites for hydroxylation is 1. The van der Waals surface area contributed by atoms with Crippen LogP contribution in [-0.4, -0.2) is 26.3 Å². The maximum absolute atomic E-state index is 13.3. The predicted octanol–water partition coefficient (Wildman–Crippen LogP) is 5.08. The molecule has 0 saturated carbocycles. The van der Waals surface area contributed by atoms with E-state index < -0.39 is 5.97 Å². The van der Waals surface area contributed by atoms with Crippen LogP contribution in [0.5, 0.6) is 5.75 Å². The first-order valence-electron chi connectivity index (χ1n) is 8.93. The van der Waals surface area contributed by atoms with Gasteiger partial charge in [0, 0.05) is 11.1 Å². The van der Waals surface area contributed by atoms with Crippen LogP contribution in [0.1, 0.15) is 21.6 Å². The van der Waals surface area contributed by atoms with Crippen LogP contribution in [0.4, 0.5) is 15.9 Å². The number of carboxylic acids is 1. The first-order chi connectivity index (χ1) is 14.4. The molecule has 2 aromatic carbocycles. The summed E-state index contributed by atoms with van der Waals surface area (Å²) in [6.45, 7) is 1.88. The van der Waals surface area contributed by atoms with Crippen LogP contribution < -0.4 is 10.1 Å². The van der Waals surface area contributed by atoms with Crippen molar-refractivity contribution in [2.24, 2.45) is 0 Å². The molecule has 3 N–H and O–H groups in total. The van der Waals surface area contributed by atoms with Gasteiger partial charge >= 0.3 is 5.97 Å². The van der Waals surface area contributed by atoms with Crippen molar-refractivity contribution in [2.75, 3.05) is 5.32 Å². The maximum Gasteiger partial charge on any atom is 0.352 e. The lowest BCUT2D eigenvalue weighted by molar-refractivity contribution is 0.0690. The van der Waals surface area contributed by atoms with Crippen molar-refractivity contribution < 1.29 is 19.0 Å². The monoisotopic (exact) mass is 426 g/mol. The molecule has 0 amide bonds. The highest BCUT2D eigenvalue weighted by Gasteiger charge is 2.18. The summed E-state index contributed by atoms with van der Waals surface area (Å²) in [5.41, 5.74) is 2.51. The normalized spacial score (nSPS) is 10.9. The van der Waals surface area contributed by atoms with Gasteiger partial charge < -0.3 is 20.1 Å². The second-order valence-corrected chi connectivity index (χ2v) is 7.01. The summed E-state index contributed by atoms with van der Waals surface area (Å²) in [5, 5.41) is 21.4. The van der Waals surface area contributed by atoms with E-state index in [1.165, 1.54) is 18.3 Å². The van der Waals surface area contributed by atoms with E-state index >= 15 is 0 Å². The Labute approximate surface area is 175 Å². The largest absolute Gasteiger partial charge is 0.487 e. The number of carboxylic acid groups (broad SMARTS) is 1. The number of H-pyrrole nitrogens is 1. The number of nitrogens with zero attached hydrogens (tertiary/aromatic N) is 2. The van der Waals surface area contributed by atoms with Gasteiger partial charge in [-0.1, -0.05) is 23.7 Å². The molecule has 0 saturated heterocycles. The number of rotatable bonds is 6. The Kier molecular flexibility index (Phi) is 5.24. The maximum atomic E-state index is 13.3. The molecule has 0 unspecified atom stereocenters. The number of hydrogen-bond acceptors (Lipinski definition) is 5. The summed E-state index contributed by atoms with van der Waals surface area (Å²) in [6.07, 6.45) is 1.47. The molecule has 0 aliphatic rings. The Morgan fingerprint density at radius 1 is 1.30 bits per heavy atom. The average molecular weight is 427 g/mol. The molecule has 30 heavy (non-hydrogen) atoms. The van der Waals surface area contributed by atoms with E-state index in [2.05, 4.69) is 20.5 Å². The molecule has 0 bridgehead atoms. The van der Waals surface area contributed by atoms with E-state index in [4.69, 9.17) is 16.3 Å². The SMILES string of the molecule is Cc1c(C(=O)O)[nH]c2cnnc(Nc3ccc(OCc4cccc(F)c4)c(Cl)c3)c12. The van der Waals surface area contributed by atoms with Crippen molar-refractivity contribution in [1.29, 1.82) is 0 Å². The van der Waals surface area contributed by atoms with Gasteiger partial charge in [-0.05, 0) is 48.4 Å². The van der Waals surface area contributed by atoms with Gasteiger partial charge in [-0.15, -0.1) is 5.10 Å². The molecule has 0 radical (unpaired) electrons. The number of ether oxygens (including phenoxy) is 1. The number of hydrogen-bond donors (Lipinski definition) is 3. The van der Waals surface area contributed by atoms with Crippen molar-refractivity contribution in [2.45, 2.75) is 13.5 Å². The summed E-state index contributed by atoms with van der Waals surface area (Å²) in [6, 6.07) is 11.2. The quantitative estimate of drug-likeness (QED) is 0.397. The number of nitrogens with one attached hydrogen (secondary N) is 2. The van der Waals surface area contributed by atoms with Crippen molar-refractivity contribution >= 4 is 40.0 Å². The Hall–Kier alpha value is -3.65. The molecule has 0 aliphatic heterocycles. The van der Waals surface area contributed by atoms with E-state index in [-0.39, 0.29) is 18.1 Å². The zero-order chi connectivity index (χ0) is 21.3. The third kappa shape index (κ3) is 3.90. The topological polar surface area (TPSA) is 100 Å². The number of aromatic nitrogens is 3. The number of benzene rings is 2. The molecule has 2 heterocycles. The van der Waals surface area contributed by atoms with Crippen LogP contribution in [0.2, 0.25) is 5.02 Å². The molecule has 0 atom stereocenters. The lowest BCUT2D eigenvalue weighted by Gasteiger charge is -2.11. The molecule has 0 fully saturated rings. The molecule has 9 heteroatoms. The molecular weight excluding hydrogens is 411 g/mol. The number of aromatic amines is 1. The van der Waals surface area contributed by atoms with Gasteiger partial charge in [-0.25, -0.2) is 9.18 Å². The first-order valence-corrected chi connectivity index (χ1v) is 9.31. The third-order valence-electron chi connectivity index (χ3n) is 4.55. The van der Waals surface area contributed by atoms with E-state index in [0.29, 0.717) is 44.3 Å². The van der Waals surface area contributed by atoms with E-state index in [1.807, 2.05) is 0 Å². The van der Waals surface area contributed by atoms with Crippen molar-refractivity contribution in [3.63, 3.8) is 0 Å². The van der Waals surface area contributed by atoms with Crippen LogP contribution in [0.25, 0.3) is 10.9 Å². The molecule has 7 nitrogen and oxygen atoms in total. The van der Waals surface area contributed by atoms with Crippen molar-refractivity contribution in [1.82, 2.24) is 15.2 Å².